The molecule has 2 N–H and O–H groups in total. The fourth-order valence-electron chi connectivity index (χ4n) is 4.50. The van der Waals surface area contributed by atoms with Crippen LogP contribution in [0.15, 0.2) is 85.3 Å². The Morgan fingerprint density at radius 2 is 1.81 bits per heavy atom. The summed E-state index contributed by atoms with van der Waals surface area (Å²) in [7, 11) is 0. The van der Waals surface area contributed by atoms with Gasteiger partial charge in [-0.3, -0.25) is 9.78 Å². The fraction of sp³-hybridized carbons (Fsp3) is 0.214. The lowest BCUT2D eigenvalue weighted by Gasteiger charge is -2.28. The Labute approximate surface area is 216 Å². The van der Waals surface area contributed by atoms with Crippen molar-refractivity contribution in [3.8, 4) is 5.82 Å². The van der Waals surface area contributed by atoms with Crippen molar-refractivity contribution in [1.29, 1.82) is 0 Å². The number of hydrogen-bond donors (Lipinski definition) is 2. The number of anilines is 1. The molecule has 0 radical (unpaired) electrons. The molecule has 0 unspecified atom stereocenters. The van der Waals surface area contributed by atoms with Gasteiger partial charge in [0.15, 0.2) is 5.11 Å². The van der Waals surface area contributed by atoms with Crippen LogP contribution in [0.25, 0.3) is 5.82 Å². The van der Waals surface area contributed by atoms with Crippen LogP contribution in [0, 0.1) is 13.8 Å². The highest BCUT2D eigenvalue weighted by atomic mass is 32.1. The lowest BCUT2D eigenvalue weighted by molar-refractivity contribution is -0.116. The number of pyridine rings is 2. The van der Waals surface area contributed by atoms with E-state index >= 15 is 0 Å². The number of rotatable bonds is 7. The number of carbonyl (C=O) groups excluding carboxylic acids is 1. The van der Waals surface area contributed by atoms with E-state index in [-0.39, 0.29) is 18.0 Å². The number of thiocarbonyl (C=S) groups is 1. The molecule has 0 saturated carbocycles. The zero-order chi connectivity index (χ0) is 25.1. The molecule has 2 atom stereocenters. The summed E-state index contributed by atoms with van der Waals surface area (Å²) in [5, 5.41) is 7.04. The van der Waals surface area contributed by atoms with Crippen LogP contribution in [-0.4, -0.2) is 37.0 Å². The number of hydrogen-bond acceptors (Lipinski definition) is 4. The second-order valence-electron chi connectivity index (χ2n) is 8.98. The van der Waals surface area contributed by atoms with E-state index in [1.165, 1.54) is 0 Å². The highest BCUT2D eigenvalue weighted by Gasteiger charge is 2.41. The van der Waals surface area contributed by atoms with Crippen molar-refractivity contribution in [2.45, 2.75) is 32.4 Å². The molecule has 1 aromatic carbocycles. The van der Waals surface area contributed by atoms with Gasteiger partial charge in [-0.1, -0.05) is 29.8 Å². The molecule has 1 saturated heterocycles. The first-order valence-electron chi connectivity index (χ1n) is 11.9. The summed E-state index contributed by atoms with van der Waals surface area (Å²) in [6.07, 6.45) is 5.95. The van der Waals surface area contributed by atoms with E-state index in [1.54, 1.807) is 6.20 Å². The molecule has 0 aliphatic carbocycles. The van der Waals surface area contributed by atoms with E-state index in [0.717, 1.165) is 34.0 Å². The summed E-state index contributed by atoms with van der Waals surface area (Å²) < 4.78 is 2.08. The van der Waals surface area contributed by atoms with Crippen LogP contribution in [0.4, 0.5) is 5.69 Å². The maximum absolute atomic E-state index is 12.8. The molecular formula is C28H28N6OS. The summed E-state index contributed by atoms with van der Waals surface area (Å²) in [5.74, 6) is 0.771. The fourth-order valence-corrected chi connectivity index (χ4v) is 4.83. The second kappa shape index (κ2) is 10.3. The van der Waals surface area contributed by atoms with Crippen molar-refractivity contribution in [3.05, 3.63) is 108 Å². The largest absolute Gasteiger partial charge is 0.352 e. The van der Waals surface area contributed by atoms with Gasteiger partial charge >= 0.3 is 0 Å². The first-order valence-corrected chi connectivity index (χ1v) is 12.4. The van der Waals surface area contributed by atoms with Gasteiger partial charge in [-0.05, 0) is 74.1 Å². The van der Waals surface area contributed by atoms with E-state index in [0.29, 0.717) is 18.1 Å². The molecule has 7 nitrogen and oxygen atoms in total. The first kappa shape index (κ1) is 23.7. The smallest absolute Gasteiger partial charge is 0.226 e. The number of amides is 1. The van der Waals surface area contributed by atoms with E-state index in [1.807, 2.05) is 86.9 Å². The summed E-state index contributed by atoms with van der Waals surface area (Å²) >= 11 is 5.77. The van der Waals surface area contributed by atoms with Gasteiger partial charge in [0.1, 0.15) is 5.82 Å². The topological polar surface area (TPSA) is 75.1 Å². The molecule has 1 fully saturated rings. The van der Waals surface area contributed by atoms with Crippen molar-refractivity contribution >= 4 is 28.9 Å². The third-order valence-electron chi connectivity index (χ3n) is 6.34. The molecule has 8 heteroatoms. The Bertz CT molecular complexity index is 1350. The van der Waals surface area contributed by atoms with Crippen LogP contribution in [0.3, 0.4) is 0 Å². The van der Waals surface area contributed by atoms with Crippen LogP contribution in [0.5, 0.6) is 0 Å². The van der Waals surface area contributed by atoms with Gasteiger partial charge in [0.25, 0.3) is 0 Å². The molecule has 3 aromatic heterocycles. The molecule has 0 bridgehead atoms. The Morgan fingerprint density at radius 3 is 2.53 bits per heavy atom. The molecule has 0 spiro atoms. The molecule has 4 heterocycles. The predicted octanol–water partition coefficient (Wildman–Crippen LogP) is 4.89. The average molecular weight is 497 g/mol. The van der Waals surface area contributed by atoms with E-state index in [4.69, 9.17) is 12.2 Å². The number of benzene rings is 1. The summed E-state index contributed by atoms with van der Waals surface area (Å²) in [5.41, 5.74) is 4.95. The normalized spacial score (nSPS) is 17.2. The third kappa shape index (κ3) is 4.99. The van der Waals surface area contributed by atoms with Crippen molar-refractivity contribution in [1.82, 2.24) is 24.8 Å². The maximum atomic E-state index is 12.8. The van der Waals surface area contributed by atoms with Crippen molar-refractivity contribution < 1.29 is 4.79 Å². The first-order chi connectivity index (χ1) is 17.5. The lowest BCUT2D eigenvalue weighted by atomic mass is 10.0. The molecule has 4 aromatic rings. The number of aromatic nitrogens is 3. The van der Waals surface area contributed by atoms with Gasteiger partial charge in [0, 0.05) is 42.9 Å². The minimum absolute atomic E-state index is 0.0581. The standard InChI is InChI=1S/C28H28N6OS/c1-19-8-11-21(12-9-19)31-25(35)14-17-34-27(26(32-28(34)36)22-6-3-4-15-29-22)23-7-5-16-33(23)24-13-10-20(2)18-30-24/h3-13,15-16,18,26-27H,14,17H2,1-2H3,(H,31,35)(H,32,36)/t26-,27-/m1/s1. The van der Waals surface area contributed by atoms with Crippen LogP contribution in [-0.2, 0) is 4.79 Å². The van der Waals surface area contributed by atoms with Gasteiger partial charge in [0.2, 0.25) is 5.91 Å². The summed E-state index contributed by atoms with van der Waals surface area (Å²) in [6.45, 7) is 4.50. The van der Waals surface area contributed by atoms with Gasteiger partial charge in [-0.2, -0.15) is 0 Å². The number of nitrogens with zero attached hydrogens (tertiary/aromatic N) is 4. The monoisotopic (exact) mass is 496 g/mol. The van der Waals surface area contributed by atoms with E-state index in [9.17, 15) is 4.79 Å². The summed E-state index contributed by atoms with van der Waals surface area (Å²) in [6, 6.07) is 21.5. The number of nitrogens with one attached hydrogen (secondary N) is 2. The van der Waals surface area contributed by atoms with Gasteiger partial charge < -0.3 is 20.1 Å². The third-order valence-corrected chi connectivity index (χ3v) is 6.69. The van der Waals surface area contributed by atoms with Crippen molar-refractivity contribution in [2.24, 2.45) is 0 Å². The number of aryl methyl sites for hydroxylation is 2. The van der Waals surface area contributed by atoms with E-state index < -0.39 is 0 Å². The zero-order valence-electron chi connectivity index (χ0n) is 20.3. The van der Waals surface area contributed by atoms with Crippen LogP contribution >= 0.6 is 12.2 Å². The van der Waals surface area contributed by atoms with Crippen molar-refractivity contribution in [2.75, 3.05) is 11.9 Å². The van der Waals surface area contributed by atoms with Crippen LogP contribution < -0.4 is 10.6 Å². The van der Waals surface area contributed by atoms with Crippen LogP contribution in [0.1, 0.15) is 41.0 Å². The molecule has 5 rings (SSSR count). The molecule has 36 heavy (non-hydrogen) atoms. The Hall–Kier alpha value is -4.04. The van der Waals surface area contributed by atoms with Crippen LogP contribution in [0.2, 0.25) is 0 Å². The predicted molar refractivity (Wildman–Crippen MR) is 145 cm³/mol. The molecule has 1 aliphatic rings. The summed E-state index contributed by atoms with van der Waals surface area (Å²) in [4.78, 5) is 24.1. The van der Waals surface area contributed by atoms with Gasteiger partial charge in [-0.15, -0.1) is 0 Å². The Kier molecular flexibility index (Phi) is 6.77. The quantitative estimate of drug-likeness (QED) is 0.355. The molecule has 1 aliphatic heterocycles. The SMILES string of the molecule is Cc1ccc(NC(=O)CCN2C(=S)N[C@H](c3ccccn3)[C@H]2c2cccn2-c2ccc(C)cn2)cc1. The molecule has 1 amide bonds. The molecular weight excluding hydrogens is 468 g/mol. The maximum Gasteiger partial charge on any atom is 0.226 e. The van der Waals surface area contributed by atoms with E-state index in [2.05, 4.69) is 36.1 Å². The van der Waals surface area contributed by atoms with Crippen molar-refractivity contribution in [3.63, 3.8) is 0 Å². The number of carbonyl (C=O) groups is 1. The Morgan fingerprint density at radius 1 is 1.00 bits per heavy atom. The van der Waals surface area contributed by atoms with Gasteiger partial charge in [0.05, 0.1) is 17.8 Å². The minimum Gasteiger partial charge on any atom is -0.352 e. The average Bonchev–Trinajstić information content (AvgIpc) is 3.49. The Balaban J connectivity index is 1.43. The minimum atomic E-state index is -0.169. The zero-order valence-corrected chi connectivity index (χ0v) is 21.1. The molecule has 182 valence electrons. The van der Waals surface area contributed by atoms with Gasteiger partial charge in [-0.25, -0.2) is 4.98 Å². The highest BCUT2D eigenvalue weighted by Crippen LogP contribution is 2.39. The second-order valence-corrected chi connectivity index (χ2v) is 9.37. The lowest BCUT2D eigenvalue weighted by Crippen LogP contribution is -2.33. The highest BCUT2D eigenvalue weighted by molar-refractivity contribution is 7.80.